The number of aromatic nitrogens is 2. The number of thiazole rings is 1. The molecule has 0 bridgehead atoms. The second-order valence-corrected chi connectivity index (χ2v) is 5.54. The largest absolute Gasteiger partial charge is 0.480 e. The number of carbonyl (C=O) groups is 1. The van der Waals surface area contributed by atoms with E-state index < -0.39 is 12.0 Å². The second-order valence-electron chi connectivity index (χ2n) is 4.67. The molecule has 0 radical (unpaired) electrons. The van der Waals surface area contributed by atoms with E-state index in [1.54, 1.807) is 11.6 Å². The molecule has 2 N–H and O–H groups in total. The van der Waals surface area contributed by atoms with Crippen molar-refractivity contribution in [1.29, 1.82) is 0 Å². The van der Waals surface area contributed by atoms with E-state index in [1.807, 2.05) is 4.90 Å². The lowest BCUT2D eigenvalue weighted by Crippen LogP contribution is -2.54. The number of carboxylic acids is 1. The fourth-order valence-electron chi connectivity index (χ4n) is 2.36. The van der Waals surface area contributed by atoms with Crippen LogP contribution in [0.15, 0.2) is 22.4 Å². The number of rotatable bonds is 3. The van der Waals surface area contributed by atoms with Gasteiger partial charge in [0.1, 0.15) is 6.04 Å². The van der Waals surface area contributed by atoms with Gasteiger partial charge in [-0.25, -0.2) is 4.98 Å². The Balaban J connectivity index is 1.87. The smallest absolute Gasteiger partial charge is 0.322 e. The van der Waals surface area contributed by atoms with Crippen molar-refractivity contribution in [1.82, 2.24) is 19.6 Å². The Morgan fingerprint density at radius 2 is 2.45 bits per heavy atom. The first-order chi connectivity index (χ1) is 9.65. The van der Waals surface area contributed by atoms with Gasteiger partial charge in [0.15, 0.2) is 4.96 Å². The molecule has 8 heteroatoms. The van der Waals surface area contributed by atoms with Crippen LogP contribution >= 0.6 is 11.3 Å². The van der Waals surface area contributed by atoms with Gasteiger partial charge >= 0.3 is 5.97 Å². The third-order valence-corrected chi connectivity index (χ3v) is 4.12. The summed E-state index contributed by atoms with van der Waals surface area (Å²) in [5.41, 5.74) is 0.485. The Labute approximate surface area is 118 Å². The molecule has 20 heavy (non-hydrogen) atoms. The van der Waals surface area contributed by atoms with Gasteiger partial charge in [0.05, 0.1) is 5.69 Å². The molecule has 0 aromatic carbocycles. The van der Waals surface area contributed by atoms with Crippen LogP contribution in [-0.4, -0.2) is 51.0 Å². The van der Waals surface area contributed by atoms with Gasteiger partial charge in [-0.15, -0.1) is 11.3 Å². The van der Waals surface area contributed by atoms with E-state index in [2.05, 4.69) is 10.3 Å². The maximum absolute atomic E-state index is 11.9. The number of carboxylic acid groups (broad SMARTS) is 1. The molecule has 3 rings (SSSR count). The van der Waals surface area contributed by atoms with Crippen LogP contribution in [0, 0.1) is 0 Å². The van der Waals surface area contributed by atoms with Gasteiger partial charge < -0.3 is 10.4 Å². The van der Waals surface area contributed by atoms with Gasteiger partial charge in [-0.3, -0.25) is 18.9 Å². The van der Waals surface area contributed by atoms with Crippen molar-refractivity contribution in [2.24, 2.45) is 0 Å². The number of nitrogens with one attached hydrogen (secondary N) is 1. The molecule has 1 atom stereocenters. The fourth-order valence-corrected chi connectivity index (χ4v) is 3.09. The highest BCUT2D eigenvalue weighted by Crippen LogP contribution is 2.11. The van der Waals surface area contributed by atoms with E-state index in [9.17, 15) is 14.7 Å². The summed E-state index contributed by atoms with van der Waals surface area (Å²) in [5, 5.41) is 14.1. The standard InChI is InChI=1S/C12H14N4O3S/c17-10-5-8(14-12-16(10)3-4-20-12)7-15-2-1-13-6-9(15)11(18)19/h3-5,9,13H,1-2,6-7H2,(H,18,19). The highest BCUT2D eigenvalue weighted by atomic mass is 32.1. The second kappa shape index (κ2) is 5.31. The minimum absolute atomic E-state index is 0.131. The van der Waals surface area contributed by atoms with E-state index in [1.165, 1.54) is 21.8 Å². The van der Waals surface area contributed by atoms with Gasteiger partial charge in [0, 0.05) is 43.8 Å². The van der Waals surface area contributed by atoms with Crippen molar-refractivity contribution in [3.8, 4) is 0 Å². The SMILES string of the molecule is O=C(O)C1CNCCN1Cc1cc(=O)n2ccsc2n1. The molecule has 1 fully saturated rings. The molecular formula is C12H14N4O3S. The summed E-state index contributed by atoms with van der Waals surface area (Å²) in [6.07, 6.45) is 1.68. The lowest BCUT2D eigenvalue weighted by atomic mass is 10.2. The van der Waals surface area contributed by atoms with Crippen LogP contribution in [0.1, 0.15) is 5.69 Å². The molecule has 1 aliphatic rings. The van der Waals surface area contributed by atoms with E-state index in [4.69, 9.17) is 0 Å². The topological polar surface area (TPSA) is 86.9 Å². The molecule has 2 aromatic rings. The van der Waals surface area contributed by atoms with Gasteiger partial charge in [-0.05, 0) is 0 Å². The monoisotopic (exact) mass is 294 g/mol. The summed E-state index contributed by atoms with van der Waals surface area (Å²) in [4.78, 5) is 30.0. The molecule has 2 aromatic heterocycles. The first-order valence-corrected chi connectivity index (χ1v) is 7.16. The van der Waals surface area contributed by atoms with Crippen LogP contribution in [0.25, 0.3) is 4.96 Å². The summed E-state index contributed by atoms with van der Waals surface area (Å²) in [6, 6.07) is 0.896. The maximum Gasteiger partial charge on any atom is 0.322 e. The van der Waals surface area contributed by atoms with E-state index in [0.29, 0.717) is 30.3 Å². The zero-order valence-corrected chi connectivity index (χ0v) is 11.5. The van der Waals surface area contributed by atoms with Crippen LogP contribution in [0.5, 0.6) is 0 Å². The van der Waals surface area contributed by atoms with E-state index in [-0.39, 0.29) is 5.56 Å². The molecule has 7 nitrogen and oxygen atoms in total. The first kappa shape index (κ1) is 13.2. The summed E-state index contributed by atoms with van der Waals surface area (Å²) >= 11 is 1.39. The zero-order valence-electron chi connectivity index (χ0n) is 10.7. The molecular weight excluding hydrogens is 280 g/mol. The summed E-state index contributed by atoms with van der Waals surface area (Å²) in [5.74, 6) is -0.855. The van der Waals surface area contributed by atoms with Gasteiger partial charge in [-0.1, -0.05) is 0 Å². The van der Waals surface area contributed by atoms with E-state index in [0.717, 1.165) is 6.54 Å². The summed E-state index contributed by atoms with van der Waals surface area (Å²) < 4.78 is 1.49. The minimum Gasteiger partial charge on any atom is -0.480 e. The number of fused-ring (bicyclic) bond motifs is 1. The normalized spacial score (nSPS) is 20.3. The van der Waals surface area contributed by atoms with Crippen molar-refractivity contribution in [2.75, 3.05) is 19.6 Å². The van der Waals surface area contributed by atoms with Crippen LogP contribution in [0.3, 0.4) is 0 Å². The predicted octanol–water partition coefficient (Wildman–Crippen LogP) is -0.386. The maximum atomic E-state index is 11.9. The molecule has 3 heterocycles. The third kappa shape index (κ3) is 2.45. The number of nitrogens with zero attached hydrogens (tertiary/aromatic N) is 3. The van der Waals surface area contributed by atoms with Crippen molar-refractivity contribution in [3.05, 3.63) is 33.7 Å². The molecule has 1 saturated heterocycles. The van der Waals surface area contributed by atoms with Gasteiger partial charge in [-0.2, -0.15) is 0 Å². The van der Waals surface area contributed by atoms with Gasteiger partial charge in [0.2, 0.25) is 0 Å². The lowest BCUT2D eigenvalue weighted by molar-refractivity contribution is -0.144. The van der Waals surface area contributed by atoms with Gasteiger partial charge in [0.25, 0.3) is 5.56 Å². The predicted molar refractivity (Wildman–Crippen MR) is 74.0 cm³/mol. The molecule has 0 aliphatic carbocycles. The number of hydrogen-bond donors (Lipinski definition) is 2. The molecule has 0 spiro atoms. The quantitative estimate of drug-likeness (QED) is 0.802. The number of hydrogen-bond acceptors (Lipinski definition) is 6. The lowest BCUT2D eigenvalue weighted by Gasteiger charge is -2.32. The van der Waals surface area contributed by atoms with Crippen LogP contribution in [0.4, 0.5) is 0 Å². The van der Waals surface area contributed by atoms with E-state index >= 15 is 0 Å². The summed E-state index contributed by atoms with van der Waals surface area (Å²) in [7, 11) is 0. The third-order valence-electron chi connectivity index (χ3n) is 3.36. The van der Waals surface area contributed by atoms with Crippen LogP contribution in [0.2, 0.25) is 0 Å². The Bertz CT molecular complexity index is 695. The fraction of sp³-hybridized carbons (Fsp3) is 0.417. The molecule has 106 valence electrons. The minimum atomic E-state index is -0.855. The van der Waals surface area contributed by atoms with Crippen LogP contribution < -0.4 is 10.9 Å². The average molecular weight is 294 g/mol. The zero-order chi connectivity index (χ0) is 14.1. The average Bonchev–Trinajstić information content (AvgIpc) is 2.88. The van der Waals surface area contributed by atoms with Crippen molar-refractivity contribution < 1.29 is 9.90 Å². The molecule has 0 saturated carbocycles. The Kier molecular flexibility index (Phi) is 3.51. The molecule has 1 aliphatic heterocycles. The van der Waals surface area contributed by atoms with Crippen molar-refractivity contribution >= 4 is 22.3 Å². The Hall–Kier alpha value is -1.77. The Morgan fingerprint density at radius 3 is 3.25 bits per heavy atom. The number of aliphatic carboxylic acids is 1. The van der Waals surface area contributed by atoms with Crippen molar-refractivity contribution in [2.45, 2.75) is 12.6 Å². The summed E-state index contributed by atoms with van der Waals surface area (Å²) in [6.45, 7) is 2.16. The Morgan fingerprint density at radius 1 is 1.60 bits per heavy atom. The number of piperazine rings is 1. The molecule has 0 amide bonds. The molecule has 1 unspecified atom stereocenters. The highest BCUT2D eigenvalue weighted by molar-refractivity contribution is 7.15. The highest BCUT2D eigenvalue weighted by Gasteiger charge is 2.28. The first-order valence-electron chi connectivity index (χ1n) is 6.28. The van der Waals surface area contributed by atoms with Crippen LogP contribution in [-0.2, 0) is 11.3 Å². The van der Waals surface area contributed by atoms with Crippen molar-refractivity contribution in [3.63, 3.8) is 0 Å².